The van der Waals surface area contributed by atoms with Crippen LogP contribution in [-0.4, -0.2) is 26.8 Å². The minimum Gasteiger partial charge on any atom is -0.428 e. The van der Waals surface area contributed by atoms with Crippen LogP contribution >= 0.6 is 11.6 Å². The van der Waals surface area contributed by atoms with E-state index in [1.165, 1.54) is 4.80 Å². The Kier molecular flexibility index (Phi) is 6.31. The van der Waals surface area contributed by atoms with Gasteiger partial charge in [0.1, 0.15) is 22.3 Å². The molecule has 2 aromatic carbocycles. The molecular formula is C25H32ClN3O3. The number of carbonyl (C=O) groups is 1. The van der Waals surface area contributed by atoms with Crippen LogP contribution in [-0.2, 0) is 10.2 Å². The predicted octanol–water partition coefficient (Wildman–Crippen LogP) is 7.10. The summed E-state index contributed by atoms with van der Waals surface area (Å²) in [6.45, 7) is 16.5. The normalized spacial score (nSPS) is 12.8. The largest absolute Gasteiger partial charge is 0.514 e. The number of nitrogens with zero attached hydrogens (tertiary/aromatic N) is 3. The number of halogens is 1. The molecule has 3 aromatic rings. The lowest BCUT2D eigenvalue weighted by Crippen LogP contribution is -2.27. The minimum absolute atomic E-state index is 0.118. The van der Waals surface area contributed by atoms with Crippen molar-refractivity contribution < 1.29 is 14.3 Å². The summed E-state index contributed by atoms with van der Waals surface area (Å²) in [5.74, 6) is 0.320. The molecule has 0 spiro atoms. The zero-order valence-electron chi connectivity index (χ0n) is 20.1. The molecule has 7 heteroatoms. The Bertz CT molecular complexity index is 1140. The minimum atomic E-state index is -0.778. The fourth-order valence-electron chi connectivity index (χ4n) is 3.96. The molecule has 0 bridgehead atoms. The van der Waals surface area contributed by atoms with Crippen molar-refractivity contribution in [3.63, 3.8) is 0 Å². The quantitative estimate of drug-likeness (QED) is 0.308. The Morgan fingerprint density at radius 1 is 0.938 bits per heavy atom. The topological polar surface area (TPSA) is 66.2 Å². The third kappa shape index (κ3) is 6.00. The fourth-order valence-corrected chi connectivity index (χ4v) is 4.13. The fraction of sp³-hybridized carbons (Fsp3) is 0.480. The number of benzene rings is 2. The van der Waals surface area contributed by atoms with Gasteiger partial charge in [-0.25, -0.2) is 4.79 Å². The molecule has 172 valence electrons. The van der Waals surface area contributed by atoms with Gasteiger partial charge in [0.05, 0.1) is 0 Å². The molecule has 3 rings (SSSR count). The van der Waals surface area contributed by atoms with Gasteiger partial charge in [0.15, 0.2) is 5.75 Å². The van der Waals surface area contributed by atoms with Crippen molar-refractivity contribution in [3.8, 4) is 11.4 Å². The molecule has 0 radical (unpaired) electrons. The summed E-state index contributed by atoms with van der Waals surface area (Å²) < 4.78 is 10.9. The van der Waals surface area contributed by atoms with E-state index in [0.717, 1.165) is 12.0 Å². The molecule has 0 aliphatic rings. The van der Waals surface area contributed by atoms with Gasteiger partial charge in [0.2, 0.25) is 0 Å². The highest BCUT2D eigenvalue weighted by atomic mass is 35.5. The van der Waals surface area contributed by atoms with Gasteiger partial charge >= 0.3 is 6.16 Å². The van der Waals surface area contributed by atoms with Crippen molar-refractivity contribution in [1.82, 2.24) is 15.0 Å². The van der Waals surface area contributed by atoms with Gasteiger partial charge in [0.25, 0.3) is 0 Å². The molecule has 0 saturated heterocycles. The maximum Gasteiger partial charge on any atom is 0.514 e. The summed E-state index contributed by atoms with van der Waals surface area (Å²) in [5.41, 5.74) is 2.36. The molecule has 1 heterocycles. The number of aromatic nitrogens is 3. The van der Waals surface area contributed by atoms with Crippen LogP contribution < -0.4 is 4.74 Å². The molecule has 0 fully saturated rings. The predicted molar refractivity (Wildman–Crippen MR) is 128 cm³/mol. The smallest absolute Gasteiger partial charge is 0.428 e. The van der Waals surface area contributed by atoms with Crippen molar-refractivity contribution in [2.75, 3.05) is 0 Å². The van der Waals surface area contributed by atoms with Crippen molar-refractivity contribution in [2.24, 2.45) is 5.41 Å². The molecule has 0 amide bonds. The first-order valence-electron chi connectivity index (χ1n) is 10.7. The second kappa shape index (κ2) is 8.39. The SMILES string of the molecule is CC(C)(C)CC(C)(C)c1ccc(OC(=O)OC(C)(C)C)c(-n2nc3ccc(Cl)cc3n2)c1. The Hall–Kier alpha value is -2.60. The molecular weight excluding hydrogens is 426 g/mol. The van der Waals surface area contributed by atoms with Crippen LogP contribution in [0.1, 0.15) is 67.4 Å². The number of hydrogen-bond donors (Lipinski definition) is 0. The summed E-state index contributed by atoms with van der Waals surface area (Å²) >= 11 is 6.12. The van der Waals surface area contributed by atoms with E-state index >= 15 is 0 Å². The highest BCUT2D eigenvalue weighted by molar-refractivity contribution is 6.31. The Morgan fingerprint density at radius 2 is 1.59 bits per heavy atom. The molecule has 0 N–H and O–H groups in total. The standard InChI is InChI=1S/C25H32ClN3O3/c1-23(2,3)15-25(7,8)16-9-12-21(31-22(30)32-24(4,5)6)20(13-16)29-27-18-11-10-17(26)14-19(18)28-29/h9-14H,15H2,1-8H3. The van der Waals surface area contributed by atoms with Crippen LogP contribution in [0.3, 0.4) is 0 Å². The van der Waals surface area contributed by atoms with E-state index in [9.17, 15) is 4.79 Å². The third-order valence-electron chi connectivity index (χ3n) is 4.85. The summed E-state index contributed by atoms with van der Waals surface area (Å²) in [6.07, 6.45) is 0.190. The molecule has 0 aliphatic carbocycles. The summed E-state index contributed by atoms with van der Waals surface area (Å²) in [5, 5.41) is 9.73. The number of fused-ring (bicyclic) bond motifs is 1. The molecule has 0 aliphatic heterocycles. The number of carbonyl (C=O) groups excluding carboxylic acids is 1. The number of ether oxygens (including phenoxy) is 2. The van der Waals surface area contributed by atoms with Crippen LogP contribution in [0, 0.1) is 5.41 Å². The average Bonchev–Trinajstić information content (AvgIpc) is 3.01. The number of hydrogen-bond acceptors (Lipinski definition) is 5. The number of rotatable bonds is 4. The van der Waals surface area contributed by atoms with E-state index in [0.29, 0.717) is 27.5 Å². The van der Waals surface area contributed by atoms with E-state index in [-0.39, 0.29) is 10.8 Å². The van der Waals surface area contributed by atoms with Crippen LogP contribution in [0.25, 0.3) is 16.7 Å². The van der Waals surface area contributed by atoms with Gasteiger partial charge in [-0.3, -0.25) is 0 Å². The van der Waals surface area contributed by atoms with E-state index in [2.05, 4.69) is 44.8 Å². The summed E-state index contributed by atoms with van der Waals surface area (Å²) in [4.78, 5) is 13.9. The monoisotopic (exact) mass is 457 g/mol. The second-order valence-electron chi connectivity index (χ2n) is 11.0. The zero-order chi connectivity index (χ0) is 23.9. The first kappa shape index (κ1) is 24.1. The van der Waals surface area contributed by atoms with Gasteiger partial charge in [-0.1, -0.05) is 52.3 Å². The van der Waals surface area contributed by atoms with Crippen molar-refractivity contribution in [1.29, 1.82) is 0 Å². The van der Waals surface area contributed by atoms with Crippen LogP contribution in [0.2, 0.25) is 5.02 Å². The highest BCUT2D eigenvalue weighted by Gasteiger charge is 2.29. The Labute approximate surface area is 194 Å². The first-order chi connectivity index (χ1) is 14.6. The molecule has 6 nitrogen and oxygen atoms in total. The maximum atomic E-state index is 12.4. The van der Waals surface area contributed by atoms with Crippen molar-refractivity contribution in [2.45, 2.75) is 72.8 Å². The lowest BCUT2D eigenvalue weighted by molar-refractivity contribution is 0.0205. The van der Waals surface area contributed by atoms with Gasteiger partial charge in [0, 0.05) is 5.02 Å². The second-order valence-corrected chi connectivity index (χ2v) is 11.4. The van der Waals surface area contributed by atoms with Gasteiger partial charge < -0.3 is 9.47 Å². The molecule has 0 saturated carbocycles. The van der Waals surface area contributed by atoms with Crippen LogP contribution in [0.5, 0.6) is 5.75 Å². The lowest BCUT2D eigenvalue weighted by Gasteiger charge is -2.33. The van der Waals surface area contributed by atoms with E-state index < -0.39 is 11.8 Å². The first-order valence-corrected chi connectivity index (χ1v) is 11.1. The summed E-state index contributed by atoms with van der Waals surface area (Å²) in [7, 11) is 0. The van der Waals surface area contributed by atoms with Crippen LogP contribution in [0.15, 0.2) is 36.4 Å². The highest BCUT2D eigenvalue weighted by Crippen LogP contribution is 2.38. The lowest BCUT2D eigenvalue weighted by atomic mass is 9.72. The van der Waals surface area contributed by atoms with Crippen LogP contribution in [0.4, 0.5) is 4.79 Å². The summed E-state index contributed by atoms with van der Waals surface area (Å²) in [6, 6.07) is 11.1. The molecule has 1 aromatic heterocycles. The molecule has 0 unspecified atom stereocenters. The Balaban J connectivity index is 2.09. The molecule has 0 atom stereocenters. The van der Waals surface area contributed by atoms with E-state index in [1.807, 2.05) is 18.2 Å². The van der Waals surface area contributed by atoms with Gasteiger partial charge in [-0.15, -0.1) is 15.0 Å². The van der Waals surface area contributed by atoms with Crippen molar-refractivity contribution in [3.05, 3.63) is 47.0 Å². The maximum absolute atomic E-state index is 12.4. The average molecular weight is 458 g/mol. The third-order valence-corrected chi connectivity index (χ3v) is 5.09. The van der Waals surface area contributed by atoms with Gasteiger partial charge in [-0.2, -0.15) is 0 Å². The van der Waals surface area contributed by atoms with Gasteiger partial charge in [-0.05, 0) is 73.9 Å². The zero-order valence-corrected chi connectivity index (χ0v) is 20.9. The van der Waals surface area contributed by atoms with E-state index in [1.54, 1.807) is 39.0 Å². The Morgan fingerprint density at radius 3 is 2.22 bits per heavy atom. The van der Waals surface area contributed by atoms with Crippen molar-refractivity contribution >= 4 is 28.8 Å². The molecule has 32 heavy (non-hydrogen) atoms. The van der Waals surface area contributed by atoms with E-state index in [4.69, 9.17) is 21.1 Å².